The lowest BCUT2D eigenvalue weighted by Crippen LogP contribution is -2.11. The first-order valence-electron chi connectivity index (χ1n) is 6.33. The van der Waals surface area contributed by atoms with Crippen LogP contribution in [0.5, 0.6) is 0 Å². The van der Waals surface area contributed by atoms with E-state index in [-0.39, 0.29) is 17.0 Å². The van der Waals surface area contributed by atoms with Gasteiger partial charge in [-0.05, 0) is 49.3 Å². The van der Waals surface area contributed by atoms with Crippen LogP contribution in [0.15, 0.2) is 52.7 Å². The summed E-state index contributed by atoms with van der Waals surface area (Å²) in [7, 11) is 0. The summed E-state index contributed by atoms with van der Waals surface area (Å²) in [6.45, 7) is 3.32. The molecule has 7 nitrogen and oxygen atoms in total. The molecule has 1 aromatic rings. The first-order chi connectivity index (χ1) is 10.4. The second-order valence-corrected chi connectivity index (χ2v) is 4.68. The molecule has 0 heterocycles. The summed E-state index contributed by atoms with van der Waals surface area (Å²) >= 11 is 0. The number of ketones is 1. The molecule has 0 N–H and O–H groups in total. The summed E-state index contributed by atoms with van der Waals surface area (Å²) in [5.41, 5.74) is 1.49. The second-order valence-electron chi connectivity index (χ2n) is 4.68. The van der Waals surface area contributed by atoms with Gasteiger partial charge < -0.3 is 4.84 Å². The van der Waals surface area contributed by atoms with Crippen molar-refractivity contribution in [2.45, 2.75) is 13.8 Å². The fourth-order valence-electron chi connectivity index (χ4n) is 1.74. The SMILES string of the molecule is CC1=C/C(=N\OC(=O)c2ccc([N+](=O)[O-])cc2)C(C)=CC1=O. The highest BCUT2D eigenvalue weighted by molar-refractivity contribution is 6.21. The van der Waals surface area contributed by atoms with Gasteiger partial charge in [-0.15, -0.1) is 0 Å². The zero-order valence-corrected chi connectivity index (χ0v) is 11.9. The Balaban J connectivity index is 2.12. The molecule has 1 aliphatic carbocycles. The molecule has 1 aromatic carbocycles. The van der Waals surface area contributed by atoms with Gasteiger partial charge in [0.2, 0.25) is 0 Å². The Morgan fingerprint density at radius 3 is 2.36 bits per heavy atom. The van der Waals surface area contributed by atoms with Gasteiger partial charge >= 0.3 is 5.97 Å². The van der Waals surface area contributed by atoms with Crippen molar-refractivity contribution in [2.24, 2.45) is 5.16 Å². The minimum atomic E-state index is -0.738. The van der Waals surface area contributed by atoms with E-state index in [2.05, 4.69) is 5.16 Å². The monoisotopic (exact) mass is 300 g/mol. The third kappa shape index (κ3) is 3.32. The fraction of sp³-hybridized carbons (Fsp3) is 0.133. The van der Waals surface area contributed by atoms with Gasteiger partial charge in [-0.2, -0.15) is 0 Å². The van der Waals surface area contributed by atoms with E-state index in [4.69, 9.17) is 4.84 Å². The van der Waals surface area contributed by atoms with Gasteiger partial charge in [0.15, 0.2) is 5.78 Å². The molecule has 0 atom stereocenters. The highest BCUT2D eigenvalue weighted by Crippen LogP contribution is 2.15. The fourth-order valence-corrected chi connectivity index (χ4v) is 1.74. The van der Waals surface area contributed by atoms with Gasteiger partial charge in [-0.1, -0.05) is 5.16 Å². The molecule has 0 bridgehead atoms. The van der Waals surface area contributed by atoms with Crippen molar-refractivity contribution in [2.75, 3.05) is 0 Å². The van der Waals surface area contributed by atoms with E-state index in [0.29, 0.717) is 16.9 Å². The molecule has 0 fully saturated rings. The van der Waals surface area contributed by atoms with Crippen LogP contribution in [0, 0.1) is 10.1 Å². The van der Waals surface area contributed by atoms with Crippen LogP contribution in [0.25, 0.3) is 0 Å². The molecule has 7 heteroatoms. The molecule has 0 spiro atoms. The minimum absolute atomic E-state index is 0.113. The number of carbonyl (C=O) groups is 2. The second kappa shape index (κ2) is 6.13. The molecule has 0 aliphatic heterocycles. The van der Waals surface area contributed by atoms with E-state index >= 15 is 0 Å². The Morgan fingerprint density at radius 1 is 1.14 bits per heavy atom. The normalized spacial score (nSPS) is 16.1. The number of hydrogen-bond donors (Lipinski definition) is 0. The molecule has 0 aromatic heterocycles. The average Bonchev–Trinajstić information content (AvgIpc) is 2.49. The number of allylic oxidation sites excluding steroid dienone is 4. The van der Waals surface area contributed by atoms with Crippen molar-refractivity contribution in [3.05, 3.63) is 63.2 Å². The van der Waals surface area contributed by atoms with E-state index in [1.165, 1.54) is 36.4 Å². The van der Waals surface area contributed by atoms with Crippen LogP contribution in [0.1, 0.15) is 24.2 Å². The highest BCUT2D eigenvalue weighted by Gasteiger charge is 2.15. The Hall–Kier alpha value is -3.09. The number of nitro groups is 1. The largest absolute Gasteiger partial charge is 0.365 e. The van der Waals surface area contributed by atoms with Crippen molar-refractivity contribution in [3.63, 3.8) is 0 Å². The average molecular weight is 300 g/mol. The Labute approximate surface area is 125 Å². The zero-order chi connectivity index (χ0) is 16.3. The number of carbonyl (C=O) groups excluding carboxylic acids is 2. The maximum Gasteiger partial charge on any atom is 0.365 e. The number of rotatable bonds is 3. The minimum Gasteiger partial charge on any atom is -0.312 e. The predicted molar refractivity (Wildman–Crippen MR) is 78.5 cm³/mol. The lowest BCUT2D eigenvalue weighted by atomic mass is 9.99. The Morgan fingerprint density at radius 2 is 1.77 bits per heavy atom. The summed E-state index contributed by atoms with van der Waals surface area (Å²) in [6, 6.07) is 4.99. The van der Waals surface area contributed by atoms with Crippen LogP contribution in [-0.2, 0) is 9.63 Å². The third-order valence-corrected chi connectivity index (χ3v) is 3.03. The predicted octanol–water partition coefficient (Wildman–Crippen LogP) is 2.58. The van der Waals surface area contributed by atoms with Crippen LogP contribution in [0.3, 0.4) is 0 Å². The van der Waals surface area contributed by atoms with Crippen LogP contribution in [0.2, 0.25) is 0 Å². The summed E-state index contributed by atoms with van der Waals surface area (Å²) in [5, 5.41) is 14.3. The lowest BCUT2D eigenvalue weighted by molar-refractivity contribution is -0.384. The van der Waals surface area contributed by atoms with E-state index in [9.17, 15) is 19.7 Å². The maximum atomic E-state index is 11.8. The van der Waals surface area contributed by atoms with Gasteiger partial charge in [0, 0.05) is 12.1 Å². The van der Waals surface area contributed by atoms with Gasteiger partial charge in [0.05, 0.1) is 10.5 Å². The van der Waals surface area contributed by atoms with Crippen molar-refractivity contribution < 1.29 is 19.3 Å². The van der Waals surface area contributed by atoms with Crippen molar-refractivity contribution >= 4 is 23.2 Å². The molecule has 1 aliphatic rings. The summed E-state index contributed by atoms with van der Waals surface area (Å²) in [5.74, 6) is -0.851. The van der Waals surface area contributed by atoms with E-state index in [0.717, 1.165) is 0 Å². The van der Waals surface area contributed by atoms with E-state index in [1.54, 1.807) is 13.8 Å². The number of nitro benzene ring substituents is 1. The Bertz CT molecular complexity index is 742. The van der Waals surface area contributed by atoms with Crippen molar-refractivity contribution in [3.8, 4) is 0 Å². The van der Waals surface area contributed by atoms with Crippen LogP contribution in [0.4, 0.5) is 5.69 Å². The standard InChI is InChI=1S/C15H12N2O5/c1-9-8-14(18)10(2)7-13(9)16-22-15(19)11-3-5-12(6-4-11)17(20)21/h3-8H,1-2H3/b16-13+. The first-order valence-corrected chi connectivity index (χ1v) is 6.33. The molecule has 22 heavy (non-hydrogen) atoms. The van der Waals surface area contributed by atoms with Crippen LogP contribution in [-0.4, -0.2) is 22.4 Å². The molecule has 0 saturated heterocycles. The number of hydrogen-bond acceptors (Lipinski definition) is 6. The quantitative estimate of drug-likeness (QED) is 0.370. The molecular weight excluding hydrogens is 288 g/mol. The molecule has 0 radical (unpaired) electrons. The smallest absolute Gasteiger partial charge is 0.312 e. The summed E-state index contributed by atoms with van der Waals surface area (Å²) in [4.78, 5) is 38.0. The van der Waals surface area contributed by atoms with Crippen LogP contribution < -0.4 is 0 Å². The van der Waals surface area contributed by atoms with Crippen molar-refractivity contribution in [1.82, 2.24) is 0 Å². The molecule has 0 amide bonds. The van der Waals surface area contributed by atoms with Gasteiger partial charge in [0.25, 0.3) is 5.69 Å². The molecule has 0 saturated carbocycles. The van der Waals surface area contributed by atoms with Gasteiger partial charge in [-0.25, -0.2) is 4.79 Å². The number of non-ortho nitro benzene ring substituents is 1. The molecule has 112 valence electrons. The maximum absolute atomic E-state index is 11.8. The first kappa shape index (κ1) is 15.3. The summed E-state index contributed by atoms with van der Waals surface area (Å²) in [6.07, 6.45) is 2.94. The van der Waals surface area contributed by atoms with Crippen molar-refractivity contribution in [1.29, 1.82) is 0 Å². The molecular formula is C15H12N2O5. The zero-order valence-electron chi connectivity index (χ0n) is 11.9. The Kier molecular flexibility index (Phi) is 4.26. The lowest BCUT2D eigenvalue weighted by Gasteiger charge is -2.08. The third-order valence-electron chi connectivity index (χ3n) is 3.03. The van der Waals surface area contributed by atoms with E-state index in [1.807, 2.05) is 0 Å². The van der Waals surface area contributed by atoms with Crippen LogP contribution >= 0.6 is 0 Å². The number of nitrogens with zero attached hydrogens (tertiary/aromatic N) is 2. The topological polar surface area (TPSA) is 98.9 Å². The molecule has 0 unspecified atom stereocenters. The highest BCUT2D eigenvalue weighted by atomic mass is 16.7. The number of benzene rings is 1. The van der Waals surface area contributed by atoms with E-state index < -0.39 is 10.9 Å². The van der Waals surface area contributed by atoms with Gasteiger partial charge in [0.1, 0.15) is 5.71 Å². The molecule has 2 rings (SSSR count). The van der Waals surface area contributed by atoms with Gasteiger partial charge in [-0.3, -0.25) is 14.9 Å². The summed E-state index contributed by atoms with van der Waals surface area (Å²) < 4.78 is 0. The number of oxime groups is 1.